The number of phenolic OH excluding ortho intramolecular Hbond substituents is 1. The number of phenols is 1. The Balaban J connectivity index is 1.40. The van der Waals surface area contributed by atoms with E-state index in [-0.39, 0.29) is 22.9 Å². The lowest BCUT2D eigenvalue weighted by Gasteiger charge is -2.48. The van der Waals surface area contributed by atoms with E-state index in [1.165, 1.54) is 23.3 Å². The van der Waals surface area contributed by atoms with Crippen LogP contribution in [0.3, 0.4) is 0 Å². The predicted octanol–water partition coefficient (Wildman–Crippen LogP) is 6.41. The standard InChI is InChI=1S/C26H25F3O3/c1-25-11-10-21-20-9-5-18(30)13-16(20)4-8-22(21)23(25)14-17(24(25)31)12-15-2-6-19(7-3-15)32-26(27,28)29/h2-3,5-7,9,12-13,21-23,30H,4,8,10-11,14H2,1H3/b17-12+/t21-,22+,23-,25+/m1/s1. The van der Waals surface area contributed by atoms with Gasteiger partial charge < -0.3 is 9.84 Å². The summed E-state index contributed by atoms with van der Waals surface area (Å²) in [5, 5.41) is 9.84. The Bertz CT molecular complexity index is 1090. The van der Waals surface area contributed by atoms with E-state index in [9.17, 15) is 23.1 Å². The first-order valence-electron chi connectivity index (χ1n) is 11.1. The van der Waals surface area contributed by atoms with Gasteiger partial charge >= 0.3 is 6.36 Å². The maximum absolute atomic E-state index is 13.4. The van der Waals surface area contributed by atoms with E-state index in [1.54, 1.807) is 18.2 Å². The van der Waals surface area contributed by atoms with Crippen LogP contribution in [-0.4, -0.2) is 17.3 Å². The number of alkyl halides is 3. The number of hydrogen-bond donors (Lipinski definition) is 1. The molecule has 0 heterocycles. The van der Waals surface area contributed by atoms with Crippen molar-refractivity contribution in [1.29, 1.82) is 0 Å². The molecule has 0 saturated heterocycles. The van der Waals surface area contributed by atoms with Crippen LogP contribution in [0.15, 0.2) is 48.0 Å². The highest BCUT2D eigenvalue weighted by molar-refractivity contribution is 6.06. The Hall–Kier alpha value is -2.76. The number of aryl methyl sites for hydroxylation is 1. The topological polar surface area (TPSA) is 46.5 Å². The molecule has 0 aromatic heterocycles. The molecule has 32 heavy (non-hydrogen) atoms. The second-order valence-corrected chi connectivity index (χ2v) is 9.57. The maximum Gasteiger partial charge on any atom is 0.573 e. The Kier molecular flexibility index (Phi) is 4.88. The van der Waals surface area contributed by atoms with Gasteiger partial charge in [-0.3, -0.25) is 4.79 Å². The van der Waals surface area contributed by atoms with Crippen LogP contribution < -0.4 is 4.74 Å². The molecule has 3 aliphatic carbocycles. The van der Waals surface area contributed by atoms with Gasteiger partial charge in [0.2, 0.25) is 0 Å². The largest absolute Gasteiger partial charge is 0.573 e. The molecule has 2 aromatic rings. The number of halogens is 3. The van der Waals surface area contributed by atoms with Gasteiger partial charge in [-0.1, -0.05) is 25.1 Å². The van der Waals surface area contributed by atoms with Crippen LogP contribution in [-0.2, 0) is 11.2 Å². The molecule has 2 fully saturated rings. The van der Waals surface area contributed by atoms with Gasteiger partial charge in [0.15, 0.2) is 5.78 Å². The Morgan fingerprint density at radius 3 is 2.59 bits per heavy atom. The van der Waals surface area contributed by atoms with Gasteiger partial charge in [0.05, 0.1) is 0 Å². The summed E-state index contributed by atoms with van der Waals surface area (Å²) in [6, 6.07) is 11.3. The number of allylic oxidation sites excluding steroid dienone is 1. The lowest BCUT2D eigenvalue weighted by molar-refractivity contribution is -0.274. The number of ketones is 1. The lowest BCUT2D eigenvalue weighted by atomic mass is 9.55. The molecule has 1 N–H and O–H groups in total. The van der Waals surface area contributed by atoms with Crippen molar-refractivity contribution in [2.45, 2.75) is 51.3 Å². The van der Waals surface area contributed by atoms with Gasteiger partial charge in [0.1, 0.15) is 11.5 Å². The minimum atomic E-state index is -4.72. The Morgan fingerprint density at radius 1 is 1.12 bits per heavy atom. The highest BCUT2D eigenvalue weighted by Crippen LogP contribution is 2.60. The Labute approximate surface area is 184 Å². The first-order valence-corrected chi connectivity index (χ1v) is 11.1. The summed E-state index contributed by atoms with van der Waals surface area (Å²) in [7, 11) is 0. The van der Waals surface area contributed by atoms with Gasteiger partial charge in [-0.15, -0.1) is 13.2 Å². The van der Waals surface area contributed by atoms with Crippen LogP contribution in [0.2, 0.25) is 0 Å². The van der Waals surface area contributed by atoms with Crippen LogP contribution in [0, 0.1) is 17.3 Å². The molecule has 0 amide bonds. The first kappa shape index (κ1) is 21.1. The number of aromatic hydroxyl groups is 1. The first-order chi connectivity index (χ1) is 15.1. The van der Waals surface area contributed by atoms with E-state index in [4.69, 9.17) is 0 Å². The summed E-state index contributed by atoms with van der Waals surface area (Å²) in [6.45, 7) is 2.09. The fraction of sp³-hybridized carbons (Fsp3) is 0.423. The van der Waals surface area contributed by atoms with E-state index in [0.717, 1.165) is 31.3 Å². The molecule has 0 unspecified atom stereocenters. The molecular formula is C26H25F3O3. The number of rotatable bonds is 2. The predicted molar refractivity (Wildman–Crippen MR) is 114 cm³/mol. The van der Waals surface area contributed by atoms with E-state index in [1.807, 2.05) is 18.2 Å². The third-order valence-corrected chi connectivity index (χ3v) is 7.80. The lowest BCUT2D eigenvalue weighted by Crippen LogP contribution is -2.42. The summed E-state index contributed by atoms with van der Waals surface area (Å²) in [4.78, 5) is 13.4. The van der Waals surface area contributed by atoms with E-state index in [0.29, 0.717) is 29.6 Å². The van der Waals surface area contributed by atoms with Gasteiger partial charge in [0.25, 0.3) is 0 Å². The molecule has 0 bridgehead atoms. The van der Waals surface area contributed by atoms with Crippen LogP contribution in [0.5, 0.6) is 11.5 Å². The number of Topliss-reactive ketones (excluding diaryl/α,β-unsaturated/α-hetero) is 1. The molecule has 3 aliphatic rings. The van der Waals surface area contributed by atoms with Crippen molar-refractivity contribution in [3.63, 3.8) is 0 Å². The maximum atomic E-state index is 13.4. The minimum Gasteiger partial charge on any atom is -0.508 e. The zero-order valence-electron chi connectivity index (χ0n) is 17.8. The molecule has 0 spiro atoms. The molecule has 6 heteroatoms. The smallest absolute Gasteiger partial charge is 0.508 e. The molecule has 168 valence electrons. The number of carbonyl (C=O) groups excluding carboxylic acids is 1. The molecule has 0 aliphatic heterocycles. The minimum absolute atomic E-state index is 0.174. The molecule has 5 rings (SSSR count). The number of ether oxygens (including phenoxy) is 1. The fourth-order valence-corrected chi connectivity index (χ4v) is 6.34. The summed E-state index contributed by atoms with van der Waals surface area (Å²) in [6.07, 6.45) is 1.50. The second-order valence-electron chi connectivity index (χ2n) is 9.57. The van der Waals surface area contributed by atoms with Crippen molar-refractivity contribution >= 4 is 11.9 Å². The SMILES string of the molecule is C[C@]12CC[C@@H]3c4ccc(O)cc4CC[C@@H]3[C@H]1C/C(=C\c1ccc(OC(F)(F)F)cc1)C2=O. The van der Waals surface area contributed by atoms with Gasteiger partial charge in [-0.25, -0.2) is 0 Å². The fourth-order valence-electron chi connectivity index (χ4n) is 6.34. The summed E-state index contributed by atoms with van der Waals surface area (Å²) in [5.74, 6) is 1.29. The van der Waals surface area contributed by atoms with Crippen LogP contribution in [0.25, 0.3) is 6.08 Å². The molecule has 2 aromatic carbocycles. The molecule has 4 atom stereocenters. The number of benzene rings is 2. The average molecular weight is 442 g/mol. The molecular weight excluding hydrogens is 417 g/mol. The van der Waals surface area contributed by atoms with Gasteiger partial charge in [-0.05, 0) is 102 Å². The molecule has 2 saturated carbocycles. The highest BCUT2D eigenvalue weighted by atomic mass is 19.4. The second kappa shape index (κ2) is 7.39. The van der Waals surface area contributed by atoms with E-state index < -0.39 is 6.36 Å². The molecule has 3 nitrogen and oxygen atoms in total. The third-order valence-electron chi connectivity index (χ3n) is 7.80. The molecule has 0 radical (unpaired) electrons. The van der Waals surface area contributed by atoms with E-state index in [2.05, 4.69) is 11.7 Å². The summed E-state index contributed by atoms with van der Waals surface area (Å²) < 4.78 is 41.1. The number of fused-ring (bicyclic) bond motifs is 5. The van der Waals surface area contributed by atoms with Gasteiger partial charge in [-0.2, -0.15) is 0 Å². The Morgan fingerprint density at radius 2 is 1.88 bits per heavy atom. The average Bonchev–Trinajstić information content (AvgIpc) is 2.98. The van der Waals surface area contributed by atoms with Crippen molar-refractivity contribution in [3.8, 4) is 11.5 Å². The van der Waals surface area contributed by atoms with E-state index >= 15 is 0 Å². The van der Waals surface area contributed by atoms with Crippen molar-refractivity contribution in [2.75, 3.05) is 0 Å². The van der Waals surface area contributed by atoms with Crippen molar-refractivity contribution in [1.82, 2.24) is 0 Å². The normalized spacial score (nSPS) is 30.6. The van der Waals surface area contributed by atoms with Crippen LogP contribution in [0.1, 0.15) is 55.2 Å². The van der Waals surface area contributed by atoms with Crippen LogP contribution >= 0.6 is 0 Å². The number of hydrogen-bond acceptors (Lipinski definition) is 3. The van der Waals surface area contributed by atoms with Crippen molar-refractivity contribution in [3.05, 3.63) is 64.7 Å². The zero-order chi connectivity index (χ0) is 22.7. The monoisotopic (exact) mass is 442 g/mol. The zero-order valence-corrected chi connectivity index (χ0v) is 17.8. The van der Waals surface area contributed by atoms with Gasteiger partial charge in [0, 0.05) is 5.41 Å². The quantitative estimate of drug-likeness (QED) is 0.547. The van der Waals surface area contributed by atoms with Crippen molar-refractivity contribution < 1.29 is 27.8 Å². The number of carbonyl (C=O) groups is 1. The van der Waals surface area contributed by atoms with Crippen molar-refractivity contribution in [2.24, 2.45) is 17.3 Å². The van der Waals surface area contributed by atoms with Crippen LogP contribution in [0.4, 0.5) is 13.2 Å². The summed E-state index contributed by atoms with van der Waals surface area (Å²) >= 11 is 0. The third kappa shape index (κ3) is 3.59. The highest BCUT2D eigenvalue weighted by Gasteiger charge is 2.56. The summed E-state index contributed by atoms with van der Waals surface area (Å²) in [5.41, 5.74) is 3.61.